The van der Waals surface area contributed by atoms with Crippen molar-refractivity contribution in [2.75, 3.05) is 59.9 Å². The highest BCUT2D eigenvalue weighted by molar-refractivity contribution is 5.82. The topological polar surface area (TPSA) is 26.8 Å². The molecule has 18 heavy (non-hydrogen) atoms. The van der Waals surface area contributed by atoms with Crippen LogP contribution in [0.4, 0.5) is 0 Å². The van der Waals surface area contributed by atoms with Gasteiger partial charge in [0.1, 0.15) is 5.78 Å². The Hall–Kier alpha value is -0.450. The quantitative estimate of drug-likeness (QED) is 0.672. The average molecular weight is 255 g/mol. The number of hydrogen-bond acceptors (Lipinski definition) is 4. The summed E-state index contributed by atoms with van der Waals surface area (Å²) in [5, 5.41) is 0. The zero-order chi connectivity index (χ0) is 13.5. The van der Waals surface area contributed by atoms with Gasteiger partial charge in [0.05, 0.1) is 6.54 Å². The van der Waals surface area contributed by atoms with Crippen molar-refractivity contribution in [1.29, 1.82) is 0 Å². The van der Waals surface area contributed by atoms with Crippen LogP contribution in [0.1, 0.15) is 20.3 Å². The van der Waals surface area contributed by atoms with Crippen molar-refractivity contribution in [3.63, 3.8) is 0 Å². The fourth-order valence-corrected chi connectivity index (χ4v) is 2.12. The monoisotopic (exact) mass is 255 g/mol. The molecular weight excluding hydrogens is 226 g/mol. The number of carbonyl (C=O) groups excluding carboxylic acids is 1. The van der Waals surface area contributed by atoms with Crippen LogP contribution in [0, 0.1) is 5.92 Å². The van der Waals surface area contributed by atoms with Crippen molar-refractivity contribution < 1.29 is 4.79 Å². The molecule has 0 saturated carbocycles. The van der Waals surface area contributed by atoms with Gasteiger partial charge in [0.2, 0.25) is 0 Å². The molecule has 1 aliphatic heterocycles. The fourth-order valence-electron chi connectivity index (χ4n) is 2.12. The van der Waals surface area contributed by atoms with E-state index in [0.29, 0.717) is 12.3 Å². The van der Waals surface area contributed by atoms with Gasteiger partial charge >= 0.3 is 0 Å². The minimum atomic E-state index is 0.219. The first-order valence-electron chi connectivity index (χ1n) is 7.15. The van der Waals surface area contributed by atoms with E-state index in [1.54, 1.807) is 0 Å². The molecule has 0 spiro atoms. The van der Waals surface area contributed by atoms with Crippen LogP contribution >= 0.6 is 0 Å². The molecule has 1 saturated heterocycles. The number of Topliss-reactive ketones (excluding diaryl/α,β-unsaturated/α-hetero) is 1. The fraction of sp³-hybridized carbons (Fsp3) is 0.929. The molecule has 1 heterocycles. The van der Waals surface area contributed by atoms with Crippen molar-refractivity contribution in [3.8, 4) is 0 Å². The van der Waals surface area contributed by atoms with Gasteiger partial charge in [-0.25, -0.2) is 0 Å². The van der Waals surface area contributed by atoms with Gasteiger partial charge < -0.3 is 4.90 Å². The molecule has 0 aromatic carbocycles. The van der Waals surface area contributed by atoms with E-state index in [1.807, 2.05) is 6.92 Å². The van der Waals surface area contributed by atoms with Crippen LogP contribution in [0.3, 0.4) is 0 Å². The van der Waals surface area contributed by atoms with Crippen LogP contribution in [0.5, 0.6) is 0 Å². The number of piperazine rings is 1. The van der Waals surface area contributed by atoms with E-state index in [0.717, 1.165) is 45.7 Å². The third-order valence-electron chi connectivity index (χ3n) is 3.87. The molecule has 0 bridgehead atoms. The van der Waals surface area contributed by atoms with Gasteiger partial charge in [0.25, 0.3) is 0 Å². The van der Waals surface area contributed by atoms with Gasteiger partial charge in [-0.2, -0.15) is 0 Å². The molecule has 0 amide bonds. The number of ketones is 1. The summed E-state index contributed by atoms with van der Waals surface area (Å²) < 4.78 is 0. The Morgan fingerprint density at radius 3 is 2.22 bits per heavy atom. The SMILES string of the molecule is CCC(C)C(=O)CN1CCN(CCN(C)C)CC1. The van der Waals surface area contributed by atoms with Crippen LogP contribution in [0.2, 0.25) is 0 Å². The molecule has 0 aromatic rings. The van der Waals surface area contributed by atoms with Crippen molar-refractivity contribution in [2.45, 2.75) is 20.3 Å². The van der Waals surface area contributed by atoms with Gasteiger partial charge in [0, 0.05) is 45.2 Å². The molecule has 4 nitrogen and oxygen atoms in total. The predicted octanol–water partition coefficient (Wildman–Crippen LogP) is 0.781. The average Bonchev–Trinajstić information content (AvgIpc) is 2.36. The number of rotatable bonds is 7. The summed E-state index contributed by atoms with van der Waals surface area (Å²) in [4.78, 5) is 18.9. The number of likely N-dealkylation sites (N-methyl/N-ethyl adjacent to an activating group) is 1. The highest BCUT2D eigenvalue weighted by atomic mass is 16.1. The first-order chi connectivity index (χ1) is 8.52. The number of nitrogens with zero attached hydrogens (tertiary/aromatic N) is 3. The largest absolute Gasteiger partial charge is 0.308 e. The Morgan fingerprint density at radius 1 is 1.17 bits per heavy atom. The lowest BCUT2D eigenvalue weighted by atomic mass is 10.0. The van der Waals surface area contributed by atoms with Crippen LogP contribution in [0.25, 0.3) is 0 Å². The minimum absolute atomic E-state index is 0.219. The van der Waals surface area contributed by atoms with E-state index < -0.39 is 0 Å². The van der Waals surface area contributed by atoms with E-state index >= 15 is 0 Å². The number of carbonyl (C=O) groups is 1. The van der Waals surface area contributed by atoms with E-state index in [4.69, 9.17) is 0 Å². The molecule has 1 atom stereocenters. The minimum Gasteiger partial charge on any atom is -0.308 e. The molecule has 106 valence electrons. The van der Waals surface area contributed by atoms with Gasteiger partial charge in [-0.15, -0.1) is 0 Å². The summed E-state index contributed by atoms with van der Waals surface area (Å²) in [5.41, 5.74) is 0. The molecule has 0 N–H and O–H groups in total. The summed E-state index contributed by atoms with van der Waals surface area (Å²) in [6, 6.07) is 0. The number of hydrogen-bond donors (Lipinski definition) is 0. The lowest BCUT2D eigenvalue weighted by Gasteiger charge is -2.35. The van der Waals surface area contributed by atoms with Crippen molar-refractivity contribution in [3.05, 3.63) is 0 Å². The Morgan fingerprint density at radius 2 is 1.72 bits per heavy atom. The van der Waals surface area contributed by atoms with E-state index in [1.165, 1.54) is 0 Å². The van der Waals surface area contributed by atoms with Gasteiger partial charge in [-0.05, 0) is 20.5 Å². The molecule has 0 aliphatic carbocycles. The highest BCUT2D eigenvalue weighted by Crippen LogP contribution is 2.06. The first-order valence-corrected chi connectivity index (χ1v) is 7.15. The Labute approximate surface area is 112 Å². The summed E-state index contributed by atoms with van der Waals surface area (Å²) in [5.74, 6) is 0.621. The molecule has 0 aromatic heterocycles. The molecule has 4 heteroatoms. The van der Waals surface area contributed by atoms with Crippen molar-refractivity contribution in [2.24, 2.45) is 5.92 Å². The summed E-state index contributed by atoms with van der Waals surface area (Å²) in [7, 11) is 4.22. The van der Waals surface area contributed by atoms with Crippen LogP contribution in [-0.4, -0.2) is 80.4 Å². The maximum Gasteiger partial charge on any atom is 0.149 e. The predicted molar refractivity (Wildman–Crippen MR) is 75.9 cm³/mol. The summed E-state index contributed by atoms with van der Waals surface area (Å²) >= 11 is 0. The van der Waals surface area contributed by atoms with Crippen molar-refractivity contribution in [1.82, 2.24) is 14.7 Å². The Bertz CT molecular complexity index is 247. The van der Waals surface area contributed by atoms with Gasteiger partial charge in [0.15, 0.2) is 0 Å². The van der Waals surface area contributed by atoms with Crippen molar-refractivity contribution >= 4 is 5.78 Å². The van der Waals surface area contributed by atoms with E-state index in [9.17, 15) is 4.79 Å². The lowest BCUT2D eigenvalue weighted by molar-refractivity contribution is -0.124. The lowest BCUT2D eigenvalue weighted by Crippen LogP contribution is -2.49. The molecule has 1 fully saturated rings. The zero-order valence-electron chi connectivity index (χ0n) is 12.5. The molecule has 1 aliphatic rings. The van der Waals surface area contributed by atoms with Crippen LogP contribution in [0.15, 0.2) is 0 Å². The Balaban J connectivity index is 2.21. The normalized spacial score (nSPS) is 20.3. The van der Waals surface area contributed by atoms with Gasteiger partial charge in [-0.3, -0.25) is 14.6 Å². The maximum atomic E-state index is 11.9. The third kappa shape index (κ3) is 5.46. The van der Waals surface area contributed by atoms with Crippen LogP contribution in [-0.2, 0) is 4.79 Å². The standard InChI is InChI=1S/C14H29N3O/c1-5-13(2)14(18)12-17-10-8-16(9-11-17)7-6-15(3)4/h13H,5-12H2,1-4H3. The highest BCUT2D eigenvalue weighted by Gasteiger charge is 2.20. The first kappa shape index (κ1) is 15.6. The second-order valence-corrected chi connectivity index (χ2v) is 5.70. The second-order valence-electron chi connectivity index (χ2n) is 5.70. The van der Waals surface area contributed by atoms with E-state index in [-0.39, 0.29) is 5.92 Å². The summed E-state index contributed by atoms with van der Waals surface area (Å²) in [6.07, 6.45) is 0.960. The van der Waals surface area contributed by atoms with Gasteiger partial charge in [-0.1, -0.05) is 13.8 Å². The Kier molecular flexibility index (Phi) is 6.82. The molecular formula is C14H29N3O. The maximum absolute atomic E-state index is 11.9. The molecule has 1 rings (SSSR count). The van der Waals surface area contributed by atoms with E-state index in [2.05, 4.69) is 35.7 Å². The summed E-state index contributed by atoms with van der Waals surface area (Å²) in [6.45, 7) is 11.3. The third-order valence-corrected chi connectivity index (χ3v) is 3.87. The molecule has 0 radical (unpaired) electrons. The smallest absolute Gasteiger partial charge is 0.149 e. The second kappa shape index (κ2) is 7.87. The molecule has 1 unspecified atom stereocenters. The zero-order valence-corrected chi connectivity index (χ0v) is 12.5. The van der Waals surface area contributed by atoms with Crippen LogP contribution < -0.4 is 0 Å².